The Morgan fingerprint density at radius 2 is 2.00 bits per heavy atom. The Balaban J connectivity index is 1.87. The molecule has 122 valence electrons. The number of aryl methyl sites for hydroxylation is 2. The van der Waals surface area contributed by atoms with Crippen LogP contribution in [-0.2, 0) is 27.8 Å². The molecule has 0 aliphatic rings. The van der Waals surface area contributed by atoms with E-state index in [4.69, 9.17) is 4.74 Å². The summed E-state index contributed by atoms with van der Waals surface area (Å²) in [5, 5.41) is 6.83. The number of halogens is 1. The molecule has 1 aromatic heterocycles. The SMILES string of the molecule is Cc1nn(C)c(C)c1NC(=O)COC(=O)Cc1ccccc1F. The Labute approximate surface area is 133 Å². The van der Waals surface area contributed by atoms with Gasteiger partial charge in [0.15, 0.2) is 6.61 Å². The molecule has 0 bridgehead atoms. The first-order valence-corrected chi connectivity index (χ1v) is 7.07. The van der Waals surface area contributed by atoms with E-state index in [2.05, 4.69) is 10.4 Å². The summed E-state index contributed by atoms with van der Waals surface area (Å²) in [4.78, 5) is 23.5. The largest absolute Gasteiger partial charge is 0.455 e. The van der Waals surface area contributed by atoms with Crippen LogP contribution in [0.2, 0.25) is 0 Å². The number of hydrogen-bond donors (Lipinski definition) is 1. The van der Waals surface area contributed by atoms with Crippen molar-refractivity contribution in [3.63, 3.8) is 0 Å². The fraction of sp³-hybridized carbons (Fsp3) is 0.312. The predicted octanol–water partition coefficient (Wildman–Crippen LogP) is 1.90. The molecular formula is C16H18FN3O3. The Kier molecular flexibility index (Phi) is 5.10. The first kappa shape index (κ1) is 16.7. The number of benzene rings is 1. The third kappa shape index (κ3) is 4.15. The van der Waals surface area contributed by atoms with Gasteiger partial charge in [-0.25, -0.2) is 4.39 Å². The average Bonchev–Trinajstić information content (AvgIpc) is 2.74. The van der Waals surface area contributed by atoms with Gasteiger partial charge in [-0.3, -0.25) is 14.3 Å². The molecule has 7 heteroatoms. The number of anilines is 1. The number of rotatable bonds is 5. The van der Waals surface area contributed by atoms with Crippen molar-refractivity contribution in [1.29, 1.82) is 0 Å². The van der Waals surface area contributed by atoms with Crippen molar-refractivity contribution in [1.82, 2.24) is 9.78 Å². The van der Waals surface area contributed by atoms with Gasteiger partial charge in [-0.05, 0) is 25.5 Å². The molecular weight excluding hydrogens is 301 g/mol. The third-order valence-electron chi connectivity index (χ3n) is 3.43. The van der Waals surface area contributed by atoms with Crippen LogP contribution in [0.15, 0.2) is 24.3 Å². The minimum Gasteiger partial charge on any atom is -0.455 e. The zero-order valence-electron chi connectivity index (χ0n) is 13.2. The van der Waals surface area contributed by atoms with E-state index in [1.807, 2.05) is 6.92 Å². The van der Waals surface area contributed by atoms with Gasteiger partial charge in [0, 0.05) is 7.05 Å². The molecule has 0 atom stereocenters. The van der Waals surface area contributed by atoms with Crippen LogP contribution >= 0.6 is 0 Å². The lowest BCUT2D eigenvalue weighted by Crippen LogP contribution is -2.22. The number of ether oxygens (including phenoxy) is 1. The van der Waals surface area contributed by atoms with E-state index in [0.29, 0.717) is 11.4 Å². The second-order valence-electron chi connectivity index (χ2n) is 5.15. The van der Waals surface area contributed by atoms with Crippen molar-refractivity contribution in [2.45, 2.75) is 20.3 Å². The summed E-state index contributed by atoms with van der Waals surface area (Å²) in [6.07, 6.45) is -0.217. The molecule has 0 radical (unpaired) electrons. The maximum atomic E-state index is 13.4. The number of esters is 1. The predicted molar refractivity (Wildman–Crippen MR) is 82.4 cm³/mol. The van der Waals surface area contributed by atoms with Crippen LogP contribution < -0.4 is 5.32 Å². The molecule has 0 spiro atoms. The average molecular weight is 319 g/mol. The molecule has 0 saturated carbocycles. The molecule has 0 unspecified atom stereocenters. The van der Waals surface area contributed by atoms with E-state index >= 15 is 0 Å². The molecule has 23 heavy (non-hydrogen) atoms. The Morgan fingerprint density at radius 3 is 2.61 bits per heavy atom. The van der Waals surface area contributed by atoms with Crippen LogP contribution in [0.25, 0.3) is 0 Å². The molecule has 1 amide bonds. The van der Waals surface area contributed by atoms with Crippen molar-refractivity contribution in [3.05, 3.63) is 47.0 Å². The summed E-state index contributed by atoms with van der Waals surface area (Å²) in [5.74, 6) is -1.61. The van der Waals surface area contributed by atoms with E-state index in [1.165, 1.54) is 18.2 Å². The van der Waals surface area contributed by atoms with E-state index in [0.717, 1.165) is 5.69 Å². The van der Waals surface area contributed by atoms with Crippen LogP contribution in [0.5, 0.6) is 0 Å². The lowest BCUT2D eigenvalue weighted by Gasteiger charge is -2.07. The van der Waals surface area contributed by atoms with Gasteiger partial charge in [0.05, 0.1) is 23.5 Å². The highest BCUT2D eigenvalue weighted by atomic mass is 19.1. The smallest absolute Gasteiger partial charge is 0.310 e. The lowest BCUT2D eigenvalue weighted by atomic mass is 10.1. The quantitative estimate of drug-likeness (QED) is 0.854. The van der Waals surface area contributed by atoms with Crippen molar-refractivity contribution in [2.75, 3.05) is 11.9 Å². The molecule has 0 aliphatic heterocycles. The van der Waals surface area contributed by atoms with Crippen LogP contribution in [0, 0.1) is 19.7 Å². The van der Waals surface area contributed by atoms with Crippen molar-refractivity contribution >= 4 is 17.6 Å². The number of nitrogens with zero attached hydrogens (tertiary/aromatic N) is 2. The Hall–Kier alpha value is -2.70. The molecule has 1 aromatic carbocycles. The first-order chi connectivity index (χ1) is 10.9. The third-order valence-corrected chi connectivity index (χ3v) is 3.43. The number of carbonyl (C=O) groups is 2. The van der Waals surface area contributed by atoms with Gasteiger partial charge >= 0.3 is 5.97 Å². The molecule has 2 aromatic rings. The second kappa shape index (κ2) is 7.04. The van der Waals surface area contributed by atoms with Crippen LogP contribution in [-0.4, -0.2) is 28.3 Å². The van der Waals surface area contributed by atoms with Gasteiger partial charge in [0.2, 0.25) is 0 Å². The Bertz CT molecular complexity index is 740. The molecule has 2 rings (SSSR count). The van der Waals surface area contributed by atoms with E-state index in [-0.39, 0.29) is 12.0 Å². The molecule has 1 N–H and O–H groups in total. The van der Waals surface area contributed by atoms with Crippen LogP contribution in [0.3, 0.4) is 0 Å². The molecule has 6 nitrogen and oxygen atoms in total. The number of nitrogens with one attached hydrogen (secondary N) is 1. The zero-order valence-corrected chi connectivity index (χ0v) is 13.2. The molecule has 0 saturated heterocycles. The summed E-state index contributed by atoms with van der Waals surface area (Å²) >= 11 is 0. The number of carbonyl (C=O) groups excluding carboxylic acids is 2. The van der Waals surface area contributed by atoms with Crippen molar-refractivity contribution in [3.8, 4) is 0 Å². The van der Waals surface area contributed by atoms with E-state index < -0.39 is 24.3 Å². The maximum Gasteiger partial charge on any atom is 0.310 e. The summed E-state index contributed by atoms with van der Waals surface area (Å²) in [6.45, 7) is 3.16. The summed E-state index contributed by atoms with van der Waals surface area (Å²) < 4.78 is 20.0. The fourth-order valence-electron chi connectivity index (χ4n) is 2.12. The van der Waals surface area contributed by atoms with Gasteiger partial charge < -0.3 is 10.1 Å². The lowest BCUT2D eigenvalue weighted by molar-refractivity contribution is -0.146. The topological polar surface area (TPSA) is 73.2 Å². The van der Waals surface area contributed by atoms with Gasteiger partial charge in [-0.1, -0.05) is 18.2 Å². The van der Waals surface area contributed by atoms with E-state index in [9.17, 15) is 14.0 Å². The van der Waals surface area contributed by atoms with Gasteiger partial charge in [0.25, 0.3) is 5.91 Å². The van der Waals surface area contributed by atoms with Crippen molar-refractivity contribution in [2.24, 2.45) is 7.05 Å². The standard InChI is InChI=1S/C16H18FN3O3/c1-10-16(11(2)20(3)19-10)18-14(21)9-23-15(22)8-12-6-4-5-7-13(12)17/h4-7H,8-9H2,1-3H3,(H,18,21). The minimum absolute atomic E-state index is 0.217. The normalized spacial score (nSPS) is 10.4. The molecule has 0 fully saturated rings. The van der Waals surface area contributed by atoms with Crippen LogP contribution in [0.1, 0.15) is 17.0 Å². The highest BCUT2D eigenvalue weighted by Crippen LogP contribution is 2.18. The number of amides is 1. The van der Waals surface area contributed by atoms with Gasteiger partial charge in [-0.2, -0.15) is 5.10 Å². The van der Waals surface area contributed by atoms with Crippen LogP contribution in [0.4, 0.5) is 10.1 Å². The van der Waals surface area contributed by atoms with Gasteiger partial charge in [0.1, 0.15) is 5.82 Å². The minimum atomic E-state index is -0.662. The summed E-state index contributed by atoms with van der Waals surface area (Å²) in [6, 6.07) is 5.94. The highest BCUT2D eigenvalue weighted by Gasteiger charge is 2.15. The zero-order chi connectivity index (χ0) is 17.0. The fourth-order valence-corrected chi connectivity index (χ4v) is 2.12. The molecule has 0 aliphatic carbocycles. The first-order valence-electron chi connectivity index (χ1n) is 7.07. The highest BCUT2D eigenvalue weighted by molar-refractivity contribution is 5.93. The monoisotopic (exact) mass is 319 g/mol. The summed E-state index contributed by atoms with van der Waals surface area (Å²) in [5.41, 5.74) is 2.31. The second-order valence-corrected chi connectivity index (χ2v) is 5.15. The van der Waals surface area contributed by atoms with E-state index in [1.54, 1.807) is 24.7 Å². The summed E-state index contributed by atoms with van der Waals surface area (Å²) in [7, 11) is 1.77. The Morgan fingerprint density at radius 1 is 1.30 bits per heavy atom. The number of aromatic nitrogens is 2. The van der Waals surface area contributed by atoms with Gasteiger partial charge in [-0.15, -0.1) is 0 Å². The molecule has 1 heterocycles. The number of hydrogen-bond acceptors (Lipinski definition) is 4. The maximum absolute atomic E-state index is 13.4. The van der Waals surface area contributed by atoms with Crippen molar-refractivity contribution < 1.29 is 18.7 Å².